The molecule has 0 atom stereocenters. The molecular weight excluding hydrogens is 268 g/mol. The predicted molar refractivity (Wildman–Crippen MR) is 102 cm³/mol. The van der Waals surface area contributed by atoms with Crippen molar-refractivity contribution < 1.29 is 5.48 Å². The minimum Gasteiger partial charge on any atom is -0.412 e. The van der Waals surface area contributed by atoms with Crippen LogP contribution in [0.4, 0.5) is 0 Å². The van der Waals surface area contributed by atoms with E-state index >= 15 is 0 Å². The van der Waals surface area contributed by atoms with Crippen LogP contribution in [0.25, 0.3) is 12.2 Å². The molecule has 116 valence electrons. The first-order chi connectivity index (χ1) is 10.1. The summed E-state index contributed by atoms with van der Waals surface area (Å²) in [5, 5.41) is 0. The summed E-state index contributed by atoms with van der Waals surface area (Å²) in [4.78, 5) is 0. The van der Waals surface area contributed by atoms with E-state index < -0.39 is 0 Å². The normalized spacial score (nSPS) is 7.68. The molecule has 0 aliphatic rings. The van der Waals surface area contributed by atoms with E-state index in [1.807, 2.05) is 79.7 Å². The summed E-state index contributed by atoms with van der Waals surface area (Å²) >= 11 is 0. The highest BCUT2D eigenvalue weighted by molar-refractivity contribution is 5.46. The highest BCUT2D eigenvalue weighted by Crippen LogP contribution is 1.98. The van der Waals surface area contributed by atoms with Gasteiger partial charge in [0.15, 0.2) is 0 Å². The molecule has 1 heteroatoms. The molecule has 2 aromatic rings. The largest absolute Gasteiger partial charge is 0.412 e. The van der Waals surface area contributed by atoms with E-state index in [0.717, 1.165) is 5.57 Å². The topological polar surface area (TPSA) is 31.5 Å². The first kappa shape index (κ1) is 21.7. The Morgan fingerprint density at radius 2 is 1.00 bits per heavy atom. The quantitative estimate of drug-likeness (QED) is 0.661. The average Bonchev–Trinajstić information content (AvgIpc) is 2.57. The first-order valence-electron chi connectivity index (χ1n) is 6.77. The number of allylic oxidation sites excluding steroid dienone is 2. The van der Waals surface area contributed by atoms with Gasteiger partial charge >= 0.3 is 0 Å². The van der Waals surface area contributed by atoms with Crippen molar-refractivity contribution in [3.8, 4) is 0 Å². The summed E-state index contributed by atoms with van der Waals surface area (Å²) in [6, 6.07) is 20.1. The lowest BCUT2D eigenvalue weighted by atomic mass is 10.2. The fraction of sp³-hybridized carbons (Fsp3) is 0.0476. The Kier molecular flexibility index (Phi) is 14.5. The van der Waals surface area contributed by atoms with Crippen molar-refractivity contribution in [3.63, 3.8) is 0 Å². The van der Waals surface area contributed by atoms with Gasteiger partial charge in [0.25, 0.3) is 0 Å². The summed E-state index contributed by atoms with van der Waals surface area (Å²) in [5.74, 6) is 0. The van der Waals surface area contributed by atoms with Gasteiger partial charge < -0.3 is 5.48 Å². The van der Waals surface area contributed by atoms with E-state index in [1.165, 1.54) is 11.1 Å². The maximum absolute atomic E-state index is 3.63. The van der Waals surface area contributed by atoms with Crippen molar-refractivity contribution in [3.05, 3.63) is 110 Å². The molecule has 1 nitrogen and oxygen atoms in total. The van der Waals surface area contributed by atoms with Crippen LogP contribution in [0, 0.1) is 0 Å². The molecule has 0 spiro atoms. The number of benzene rings is 2. The Balaban J connectivity index is 0. The number of hydrogen-bond donors (Lipinski definition) is 0. The van der Waals surface area contributed by atoms with Crippen LogP contribution in [0.5, 0.6) is 0 Å². The zero-order valence-electron chi connectivity index (χ0n) is 13.3. The van der Waals surface area contributed by atoms with E-state index in [0.29, 0.717) is 0 Å². The Morgan fingerprint density at radius 3 is 1.14 bits per heavy atom. The second-order valence-electron chi connectivity index (χ2n) is 4.28. The summed E-state index contributed by atoms with van der Waals surface area (Å²) in [5.41, 5.74) is 3.37. The first-order valence-corrected chi connectivity index (χ1v) is 6.77. The van der Waals surface area contributed by atoms with Gasteiger partial charge in [-0.25, -0.2) is 0 Å². The van der Waals surface area contributed by atoms with Gasteiger partial charge in [0.1, 0.15) is 0 Å². The van der Waals surface area contributed by atoms with Crippen LogP contribution in [0.3, 0.4) is 0 Å². The minimum absolute atomic E-state index is 0. The number of rotatable bonds is 3. The standard InChI is InChI=1S/2C8H8.C5H8.H2O/c2*1-2-8-6-4-3-5-7-8;1-4-5(2)3;/h2*2-7H,1H2;4H,1-2H2,3H3;1H2. The van der Waals surface area contributed by atoms with Gasteiger partial charge in [0.2, 0.25) is 0 Å². The van der Waals surface area contributed by atoms with Crippen LogP contribution in [-0.4, -0.2) is 5.48 Å². The van der Waals surface area contributed by atoms with Crippen molar-refractivity contribution >= 4 is 12.2 Å². The lowest BCUT2D eigenvalue weighted by Gasteiger charge is -1.85. The van der Waals surface area contributed by atoms with Crippen LogP contribution < -0.4 is 0 Å². The maximum Gasteiger partial charge on any atom is -0.0263 e. The molecule has 0 unspecified atom stereocenters. The van der Waals surface area contributed by atoms with Gasteiger partial charge in [-0.2, -0.15) is 0 Å². The zero-order valence-corrected chi connectivity index (χ0v) is 13.3. The van der Waals surface area contributed by atoms with Crippen molar-refractivity contribution in [1.82, 2.24) is 0 Å². The summed E-state index contributed by atoms with van der Waals surface area (Å²) in [6.45, 7) is 16.2. The average molecular weight is 294 g/mol. The molecule has 0 aliphatic heterocycles. The molecule has 0 radical (unpaired) electrons. The Hall–Kier alpha value is -2.64. The fourth-order valence-corrected chi connectivity index (χ4v) is 1.18. The molecule has 0 aromatic heterocycles. The summed E-state index contributed by atoms with van der Waals surface area (Å²) in [7, 11) is 0. The third-order valence-electron chi connectivity index (χ3n) is 2.42. The van der Waals surface area contributed by atoms with Gasteiger partial charge in [-0.05, 0) is 18.1 Å². The summed E-state index contributed by atoms with van der Waals surface area (Å²) in [6.07, 6.45) is 5.39. The minimum atomic E-state index is 0. The van der Waals surface area contributed by atoms with E-state index in [9.17, 15) is 0 Å². The maximum atomic E-state index is 3.63. The molecule has 0 heterocycles. The monoisotopic (exact) mass is 294 g/mol. The van der Waals surface area contributed by atoms with Crippen LogP contribution in [0.1, 0.15) is 18.1 Å². The Labute approximate surface area is 135 Å². The molecular formula is C21H26O. The van der Waals surface area contributed by atoms with Gasteiger partial charge in [-0.1, -0.05) is 111 Å². The molecule has 2 aromatic carbocycles. The van der Waals surface area contributed by atoms with Crippen LogP contribution in [0.15, 0.2) is 98.6 Å². The smallest absolute Gasteiger partial charge is 0.0263 e. The second kappa shape index (κ2) is 14.8. The Morgan fingerprint density at radius 1 is 0.727 bits per heavy atom. The van der Waals surface area contributed by atoms with E-state index in [2.05, 4.69) is 26.3 Å². The molecule has 0 fully saturated rings. The molecule has 0 bridgehead atoms. The number of hydrogen-bond acceptors (Lipinski definition) is 0. The van der Waals surface area contributed by atoms with Gasteiger partial charge in [0, 0.05) is 0 Å². The summed E-state index contributed by atoms with van der Waals surface area (Å²) < 4.78 is 0. The van der Waals surface area contributed by atoms with Crippen molar-refractivity contribution in [2.75, 3.05) is 0 Å². The lowest BCUT2D eigenvalue weighted by Crippen LogP contribution is -1.63. The Bertz CT molecular complexity index is 495. The van der Waals surface area contributed by atoms with Crippen molar-refractivity contribution in [2.45, 2.75) is 6.92 Å². The van der Waals surface area contributed by atoms with E-state index in [-0.39, 0.29) is 5.48 Å². The molecule has 0 saturated heterocycles. The van der Waals surface area contributed by atoms with Crippen molar-refractivity contribution in [2.24, 2.45) is 0 Å². The van der Waals surface area contributed by atoms with E-state index in [1.54, 1.807) is 6.08 Å². The van der Waals surface area contributed by atoms with E-state index in [4.69, 9.17) is 0 Å². The van der Waals surface area contributed by atoms with Crippen LogP contribution >= 0.6 is 0 Å². The molecule has 0 amide bonds. The molecule has 2 N–H and O–H groups in total. The third-order valence-corrected chi connectivity index (χ3v) is 2.42. The van der Waals surface area contributed by atoms with Gasteiger partial charge in [-0.3, -0.25) is 0 Å². The van der Waals surface area contributed by atoms with Gasteiger partial charge in [0.05, 0.1) is 0 Å². The molecule has 2 rings (SSSR count). The van der Waals surface area contributed by atoms with Crippen LogP contribution in [0.2, 0.25) is 0 Å². The third kappa shape index (κ3) is 12.4. The second-order valence-corrected chi connectivity index (χ2v) is 4.28. The zero-order chi connectivity index (χ0) is 15.9. The fourth-order valence-electron chi connectivity index (χ4n) is 1.18. The molecule has 22 heavy (non-hydrogen) atoms. The lowest BCUT2D eigenvalue weighted by molar-refractivity contribution is 0.824. The molecule has 0 aliphatic carbocycles. The van der Waals surface area contributed by atoms with Gasteiger partial charge in [-0.15, -0.1) is 0 Å². The SMILES string of the molecule is C=CC(=C)C.C=Cc1ccccc1.C=Cc1ccccc1.O. The molecule has 0 saturated carbocycles. The van der Waals surface area contributed by atoms with Crippen molar-refractivity contribution in [1.29, 1.82) is 0 Å². The highest BCUT2D eigenvalue weighted by atomic mass is 16.0. The predicted octanol–water partition coefficient (Wildman–Crippen LogP) is 5.58. The van der Waals surface area contributed by atoms with Crippen LogP contribution in [-0.2, 0) is 0 Å². The highest BCUT2D eigenvalue weighted by Gasteiger charge is 1.76.